The third-order valence-electron chi connectivity index (χ3n) is 4.57. The van der Waals surface area contributed by atoms with Crippen molar-refractivity contribution < 1.29 is 27.8 Å². The third kappa shape index (κ3) is 6.89. The molecule has 32 heavy (non-hydrogen) atoms. The summed E-state index contributed by atoms with van der Waals surface area (Å²) in [6, 6.07) is 13.1. The van der Waals surface area contributed by atoms with Crippen LogP contribution in [0.3, 0.4) is 0 Å². The second-order valence-electron chi connectivity index (χ2n) is 8.29. The highest BCUT2D eigenvalue weighted by Gasteiger charge is 2.39. The summed E-state index contributed by atoms with van der Waals surface area (Å²) in [5, 5.41) is 3.36. The van der Waals surface area contributed by atoms with E-state index in [1.165, 1.54) is 0 Å². The van der Waals surface area contributed by atoms with Crippen LogP contribution in [0.1, 0.15) is 39.0 Å². The maximum absolute atomic E-state index is 14.3. The van der Waals surface area contributed by atoms with Gasteiger partial charge in [0.05, 0.1) is 34.5 Å². The molecule has 0 aromatic heterocycles. The number of methoxy groups -OCH3 is 3. The fourth-order valence-electron chi connectivity index (χ4n) is 2.99. The van der Waals surface area contributed by atoms with E-state index in [2.05, 4.69) is 5.32 Å². The van der Waals surface area contributed by atoms with Gasteiger partial charge in [-0.3, -0.25) is 4.57 Å². The summed E-state index contributed by atoms with van der Waals surface area (Å²) in [5.41, 5.74) is 1.42. The van der Waals surface area contributed by atoms with Crippen LogP contribution in [0.25, 0.3) is 0 Å². The van der Waals surface area contributed by atoms with Crippen molar-refractivity contribution in [2.45, 2.75) is 33.5 Å². The van der Waals surface area contributed by atoms with Gasteiger partial charge in [-0.05, 0) is 41.7 Å². The van der Waals surface area contributed by atoms with Crippen LogP contribution in [-0.4, -0.2) is 34.5 Å². The fourth-order valence-corrected chi connectivity index (χ4v) is 5.19. The molecular formula is C24H36NO6P. The van der Waals surface area contributed by atoms with Gasteiger partial charge >= 0.3 is 7.60 Å². The highest BCUT2D eigenvalue weighted by molar-refractivity contribution is 7.54. The quantitative estimate of drug-likeness (QED) is 0.345. The van der Waals surface area contributed by atoms with Crippen molar-refractivity contribution in [3.63, 3.8) is 0 Å². The zero-order valence-corrected chi connectivity index (χ0v) is 21.0. The lowest BCUT2D eigenvalue weighted by Gasteiger charge is -2.30. The summed E-state index contributed by atoms with van der Waals surface area (Å²) in [5.74, 6) is 0.947. The van der Waals surface area contributed by atoms with Crippen LogP contribution in [0.4, 0.5) is 5.69 Å². The van der Waals surface area contributed by atoms with Crippen molar-refractivity contribution in [3.8, 4) is 17.2 Å². The van der Waals surface area contributed by atoms with E-state index >= 15 is 0 Å². The lowest BCUT2D eigenvalue weighted by molar-refractivity contribution is 0.168. The van der Waals surface area contributed by atoms with Gasteiger partial charge in [0, 0.05) is 5.69 Å². The molecule has 0 bridgehead atoms. The zero-order chi connectivity index (χ0) is 23.7. The Morgan fingerprint density at radius 3 is 1.72 bits per heavy atom. The molecule has 0 aliphatic rings. The number of nitrogens with one attached hydrogen (secondary N) is 1. The van der Waals surface area contributed by atoms with E-state index in [4.69, 9.17) is 23.3 Å². The van der Waals surface area contributed by atoms with Crippen LogP contribution in [0.15, 0.2) is 42.5 Å². The minimum Gasteiger partial charge on any atom is -0.493 e. The van der Waals surface area contributed by atoms with E-state index in [1.54, 1.807) is 33.5 Å². The average Bonchev–Trinajstić information content (AvgIpc) is 2.79. The average molecular weight is 466 g/mol. The number of para-hydroxylation sites is 1. The summed E-state index contributed by atoms with van der Waals surface area (Å²) in [4.78, 5) is 0. The van der Waals surface area contributed by atoms with Crippen molar-refractivity contribution in [3.05, 3.63) is 48.0 Å². The van der Waals surface area contributed by atoms with E-state index in [0.717, 1.165) is 5.69 Å². The molecule has 0 amide bonds. The molecular weight excluding hydrogens is 429 g/mol. The maximum atomic E-state index is 14.3. The Hall–Kier alpha value is -2.21. The van der Waals surface area contributed by atoms with Gasteiger partial charge in [0.25, 0.3) is 0 Å². The topological polar surface area (TPSA) is 75.3 Å². The molecule has 2 rings (SSSR count). The molecule has 0 saturated heterocycles. The van der Waals surface area contributed by atoms with Gasteiger partial charge < -0.3 is 28.6 Å². The standard InChI is InChI=1S/C24H36NO6P/c1-17(2)15-30-32(26,31-16-18(3)4)24(25-20-11-9-8-10-12-20)19-13-21(27-5)23(29-7)22(14-19)28-6/h8-14,17-18,24-25H,15-16H2,1-7H3/t24-/m0/s1. The molecule has 1 N–H and O–H groups in total. The van der Waals surface area contributed by atoms with Crippen LogP contribution < -0.4 is 19.5 Å². The first-order valence-corrected chi connectivity index (χ1v) is 12.4. The Kier molecular flexibility index (Phi) is 9.88. The Morgan fingerprint density at radius 2 is 1.31 bits per heavy atom. The molecule has 2 aromatic rings. The smallest absolute Gasteiger partial charge is 0.357 e. The minimum absolute atomic E-state index is 0.184. The van der Waals surface area contributed by atoms with Crippen LogP contribution in [0.2, 0.25) is 0 Å². The Labute approximate surface area is 191 Å². The van der Waals surface area contributed by atoms with Gasteiger partial charge in [-0.15, -0.1) is 0 Å². The SMILES string of the molecule is COc1cc([C@@H](Nc2ccccc2)P(=O)(OCC(C)C)OCC(C)C)cc(OC)c1OC. The van der Waals surface area contributed by atoms with Gasteiger partial charge in [0.2, 0.25) is 5.75 Å². The molecule has 0 radical (unpaired) electrons. The predicted octanol–water partition coefficient (Wildman–Crippen LogP) is 6.36. The van der Waals surface area contributed by atoms with E-state index in [-0.39, 0.29) is 11.8 Å². The zero-order valence-electron chi connectivity index (χ0n) is 20.1. The number of hydrogen-bond donors (Lipinski definition) is 1. The highest BCUT2D eigenvalue weighted by atomic mass is 31.2. The van der Waals surface area contributed by atoms with Gasteiger partial charge in [0.1, 0.15) is 0 Å². The Morgan fingerprint density at radius 1 is 0.812 bits per heavy atom. The molecule has 178 valence electrons. The molecule has 0 aliphatic carbocycles. The molecule has 0 saturated carbocycles. The van der Waals surface area contributed by atoms with Crippen LogP contribution in [-0.2, 0) is 13.6 Å². The summed E-state index contributed by atoms with van der Waals surface area (Å²) < 4.78 is 42.7. The predicted molar refractivity (Wildman–Crippen MR) is 128 cm³/mol. The van der Waals surface area contributed by atoms with Crippen molar-refractivity contribution in [2.24, 2.45) is 11.8 Å². The number of rotatable bonds is 13. The number of ether oxygens (including phenoxy) is 3. The Balaban J connectivity index is 2.63. The molecule has 1 atom stereocenters. The first-order chi connectivity index (χ1) is 15.2. The molecule has 0 spiro atoms. The van der Waals surface area contributed by atoms with Gasteiger partial charge in [-0.1, -0.05) is 45.9 Å². The van der Waals surface area contributed by atoms with Gasteiger partial charge in [0.15, 0.2) is 17.3 Å². The number of hydrogen-bond acceptors (Lipinski definition) is 7. The second-order valence-corrected chi connectivity index (χ2v) is 10.4. The van der Waals surface area contributed by atoms with Gasteiger partial charge in [-0.25, -0.2) is 0 Å². The largest absolute Gasteiger partial charge is 0.493 e. The van der Waals surface area contributed by atoms with Gasteiger partial charge in [-0.2, -0.15) is 0 Å². The van der Waals surface area contributed by atoms with E-state index < -0.39 is 13.4 Å². The summed E-state index contributed by atoms with van der Waals surface area (Å²) in [6.07, 6.45) is 0. The maximum Gasteiger partial charge on any atom is 0.357 e. The molecule has 0 fully saturated rings. The molecule has 2 aromatic carbocycles. The van der Waals surface area contributed by atoms with Crippen molar-refractivity contribution in [2.75, 3.05) is 39.9 Å². The van der Waals surface area contributed by atoms with Crippen LogP contribution in [0, 0.1) is 11.8 Å². The van der Waals surface area contributed by atoms with Crippen molar-refractivity contribution in [1.29, 1.82) is 0 Å². The molecule has 0 aliphatic heterocycles. The van der Waals surface area contributed by atoms with Crippen LogP contribution >= 0.6 is 7.60 Å². The molecule has 0 unspecified atom stereocenters. The Bertz CT molecular complexity index is 846. The first-order valence-electron chi connectivity index (χ1n) is 10.7. The minimum atomic E-state index is -3.67. The van der Waals surface area contributed by atoms with E-state index in [0.29, 0.717) is 36.0 Å². The van der Waals surface area contributed by atoms with Crippen LogP contribution in [0.5, 0.6) is 17.2 Å². The third-order valence-corrected chi connectivity index (χ3v) is 6.65. The molecule has 7 nitrogen and oxygen atoms in total. The summed E-state index contributed by atoms with van der Waals surface area (Å²) in [7, 11) is 0.965. The number of anilines is 1. The van der Waals surface area contributed by atoms with E-state index in [9.17, 15) is 4.57 Å². The first kappa shape index (κ1) is 26.0. The summed E-state index contributed by atoms with van der Waals surface area (Å²) >= 11 is 0. The van der Waals surface area contributed by atoms with Crippen molar-refractivity contribution >= 4 is 13.3 Å². The second kappa shape index (κ2) is 12.1. The van der Waals surface area contributed by atoms with E-state index in [1.807, 2.05) is 58.0 Å². The lowest BCUT2D eigenvalue weighted by Crippen LogP contribution is -2.18. The fraction of sp³-hybridized carbons (Fsp3) is 0.500. The molecule has 8 heteroatoms. The summed E-state index contributed by atoms with van der Waals surface area (Å²) in [6.45, 7) is 8.62. The molecule has 0 heterocycles. The van der Waals surface area contributed by atoms with Crippen molar-refractivity contribution in [1.82, 2.24) is 0 Å². The highest BCUT2D eigenvalue weighted by Crippen LogP contribution is 2.62. The number of benzene rings is 2. The normalized spacial score (nSPS) is 12.7. The monoisotopic (exact) mass is 465 g/mol. The lowest BCUT2D eigenvalue weighted by atomic mass is 10.1.